The Morgan fingerprint density at radius 2 is 1.91 bits per heavy atom. The van der Waals surface area contributed by atoms with Crippen LogP contribution >= 0.6 is 0 Å². The number of rotatable bonds is 6. The van der Waals surface area contributed by atoms with Gasteiger partial charge in [-0.1, -0.05) is 58.0 Å². The maximum absolute atomic E-state index is 12.8. The molecule has 0 amide bonds. The van der Waals surface area contributed by atoms with E-state index in [0.717, 1.165) is 25.7 Å². The molecule has 0 aliphatic heterocycles. The predicted molar refractivity (Wildman–Crippen MR) is 93.8 cm³/mol. The van der Waals surface area contributed by atoms with Crippen LogP contribution in [-0.2, 0) is 11.2 Å². The van der Waals surface area contributed by atoms with Gasteiger partial charge in [-0.25, -0.2) is 0 Å². The smallest absolute Gasteiger partial charge is 0.136 e. The van der Waals surface area contributed by atoms with Crippen LogP contribution in [0.5, 0.6) is 0 Å². The molecule has 0 N–H and O–H groups in total. The minimum Gasteiger partial charge on any atom is -0.299 e. The summed E-state index contributed by atoms with van der Waals surface area (Å²) in [7, 11) is 0. The Balaban J connectivity index is 1.90. The highest BCUT2D eigenvalue weighted by atomic mass is 16.1. The maximum Gasteiger partial charge on any atom is 0.136 e. The summed E-state index contributed by atoms with van der Waals surface area (Å²) >= 11 is 0. The number of carbonyl (C=O) groups excluding carboxylic acids is 1. The molecule has 1 saturated carbocycles. The van der Waals surface area contributed by atoms with Gasteiger partial charge in [-0.3, -0.25) is 4.79 Å². The highest BCUT2D eigenvalue weighted by molar-refractivity contribution is 5.81. The molecule has 1 heteroatoms. The van der Waals surface area contributed by atoms with Gasteiger partial charge in [0.25, 0.3) is 0 Å². The number of benzene rings is 1. The van der Waals surface area contributed by atoms with E-state index in [1.54, 1.807) is 0 Å². The van der Waals surface area contributed by atoms with Crippen LogP contribution in [0.4, 0.5) is 0 Å². The van der Waals surface area contributed by atoms with E-state index in [-0.39, 0.29) is 0 Å². The van der Waals surface area contributed by atoms with E-state index in [9.17, 15) is 4.79 Å². The van der Waals surface area contributed by atoms with Crippen molar-refractivity contribution in [3.63, 3.8) is 0 Å². The molecule has 2 rings (SSSR count). The summed E-state index contributed by atoms with van der Waals surface area (Å²) in [6.45, 7) is 9.22. The third-order valence-corrected chi connectivity index (χ3v) is 5.45. The van der Waals surface area contributed by atoms with Crippen molar-refractivity contribution >= 4 is 5.78 Å². The van der Waals surface area contributed by atoms with Crippen molar-refractivity contribution in [2.45, 2.75) is 66.2 Å². The van der Waals surface area contributed by atoms with Gasteiger partial charge in [0.2, 0.25) is 0 Å². The zero-order chi connectivity index (χ0) is 16.2. The van der Waals surface area contributed by atoms with Crippen molar-refractivity contribution in [2.24, 2.45) is 23.2 Å². The van der Waals surface area contributed by atoms with Crippen LogP contribution in [0.15, 0.2) is 30.3 Å². The lowest BCUT2D eigenvalue weighted by atomic mass is 9.62. The second-order valence-electron chi connectivity index (χ2n) is 8.23. The molecule has 0 spiro atoms. The Morgan fingerprint density at radius 3 is 2.55 bits per heavy atom. The first-order valence-corrected chi connectivity index (χ1v) is 8.96. The van der Waals surface area contributed by atoms with Gasteiger partial charge in [-0.2, -0.15) is 0 Å². The number of Topliss-reactive ketones (excluding diaryl/α,β-unsaturated/α-hetero) is 1. The molecule has 1 nitrogen and oxygen atoms in total. The number of hydrogen-bond acceptors (Lipinski definition) is 1. The molecule has 22 heavy (non-hydrogen) atoms. The van der Waals surface area contributed by atoms with E-state index in [2.05, 4.69) is 52.0 Å². The fourth-order valence-corrected chi connectivity index (χ4v) is 4.05. The van der Waals surface area contributed by atoms with Crippen LogP contribution in [0.25, 0.3) is 0 Å². The topological polar surface area (TPSA) is 17.1 Å². The third kappa shape index (κ3) is 4.69. The molecule has 1 aliphatic carbocycles. The molecule has 2 unspecified atom stereocenters. The lowest BCUT2D eigenvalue weighted by Gasteiger charge is -2.42. The number of hydrogen-bond donors (Lipinski definition) is 0. The molecule has 122 valence electrons. The number of carbonyl (C=O) groups is 1. The Hall–Kier alpha value is -1.11. The van der Waals surface area contributed by atoms with Gasteiger partial charge in [0, 0.05) is 12.3 Å². The summed E-state index contributed by atoms with van der Waals surface area (Å²) in [6.07, 6.45) is 6.34. The third-order valence-electron chi connectivity index (χ3n) is 5.45. The molecule has 0 radical (unpaired) electrons. The number of aryl methyl sites for hydroxylation is 1. The first kappa shape index (κ1) is 17.2. The van der Waals surface area contributed by atoms with Gasteiger partial charge < -0.3 is 0 Å². The normalized spacial score (nSPS) is 24.4. The Morgan fingerprint density at radius 1 is 1.23 bits per heavy atom. The van der Waals surface area contributed by atoms with E-state index in [1.165, 1.54) is 18.4 Å². The summed E-state index contributed by atoms with van der Waals surface area (Å²) in [4.78, 5) is 12.8. The standard InChI is InChI=1S/C21H32O/c1-16(2)18-13-14-21(3,4)15-19(18)20(22)12-8-11-17-9-6-5-7-10-17/h5-7,9-10,16,18-19H,8,11-15H2,1-4H3. The highest BCUT2D eigenvalue weighted by Crippen LogP contribution is 2.45. The second kappa shape index (κ2) is 7.44. The molecule has 0 heterocycles. The Bertz CT molecular complexity index is 472. The van der Waals surface area contributed by atoms with Crippen molar-refractivity contribution in [3.05, 3.63) is 35.9 Å². The van der Waals surface area contributed by atoms with Gasteiger partial charge in [0.05, 0.1) is 0 Å². The zero-order valence-electron chi connectivity index (χ0n) is 14.8. The van der Waals surface area contributed by atoms with Crippen LogP contribution in [0, 0.1) is 23.2 Å². The molecule has 0 bridgehead atoms. The average molecular weight is 300 g/mol. The highest BCUT2D eigenvalue weighted by Gasteiger charge is 2.39. The molecule has 0 aromatic heterocycles. The van der Waals surface area contributed by atoms with Crippen LogP contribution in [0.3, 0.4) is 0 Å². The minimum atomic E-state index is 0.291. The van der Waals surface area contributed by atoms with Crippen LogP contribution in [-0.4, -0.2) is 5.78 Å². The van der Waals surface area contributed by atoms with Crippen molar-refractivity contribution in [1.29, 1.82) is 0 Å². The monoisotopic (exact) mass is 300 g/mol. The Kier molecular flexibility index (Phi) is 5.83. The van der Waals surface area contributed by atoms with Gasteiger partial charge in [0.15, 0.2) is 0 Å². The molecule has 1 aromatic rings. The van der Waals surface area contributed by atoms with Crippen LogP contribution in [0.1, 0.15) is 65.4 Å². The van der Waals surface area contributed by atoms with Gasteiger partial charge in [-0.15, -0.1) is 0 Å². The van der Waals surface area contributed by atoms with Crippen molar-refractivity contribution < 1.29 is 4.79 Å². The van der Waals surface area contributed by atoms with E-state index < -0.39 is 0 Å². The fraction of sp³-hybridized carbons (Fsp3) is 0.667. The average Bonchev–Trinajstić information content (AvgIpc) is 2.47. The van der Waals surface area contributed by atoms with E-state index in [0.29, 0.717) is 29.0 Å². The molecule has 2 atom stereocenters. The van der Waals surface area contributed by atoms with E-state index in [1.807, 2.05) is 6.07 Å². The molecule has 1 aliphatic rings. The summed E-state index contributed by atoms with van der Waals surface area (Å²) in [5, 5.41) is 0. The fourth-order valence-electron chi connectivity index (χ4n) is 4.05. The first-order valence-electron chi connectivity index (χ1n) is 8.96. The van der Waals surface area contributed by atoms with Crippen LogP contribution in [0.2, 0.25) is 0 Å². The quantitative estimate of drug-likeness (QED) is 0.661. The minimum absolute atomic E-state index is 0.291. The second-order valence-corrected chi connectivity index (χ2v) is 8.23. The van der Waals surface area contributed by atoms with Crippen molar-refractivity contribution in [1.82, 2.24) is 0 Å². The summed E-state index contributed by atoms with van der Waals surface area (Å²) in [5.74, 6) is 2.03. The first-order chi connectivity index (χ1) is 10.4. The van der Waals surface area contributed by atoms with Crippen molar-refractivity contribution in [2.75, 3.05) is 0 Å². The molecule has 0 saturated heterocycles. The summed E-state index contributed by atoms with van der Waals surface area (Å²) < 4.78 is 0. The summed E-state index contributed by atoms with van der Waals surface area (Å²) in [5.41, 5.74) is 1.69. The molecule has 1 fully saturated rings. The van der Waals surface area contributed by atoms with Gasteiger partial charge >= 0.3 is 0 Å². The maximum atomic E-state index is 12.8. The zero-order valence-corrected chi connectivity index (χ0v) is 14.8. The molecular formula is C21H32O. The van der Waals surface area contributed by atoms with Gasteiger partial charge in [0.1, 0.15) is 5.78 Å². The Labute approximate surface area is 136 Å². The lowest BCUT2D eigenvalue weighted by Crippen LogP contribution is -2.37. The molecular weight excluding hydrogens is 268 g/mol. The van der Waals surface area contributed by atoms with Gasteiger partial charge in [-0.05, 0) is 54.9 Å². The number of ketones is 1. The van der Waals surface area contributed by atoms with Crippen LogP contribution < -0.4 is 0 Å². The SMILES string of the molecule is CC(C)C1CCC(C)(C)CC1C(=O)CCCc1ccccc1. The van der Waals surface area contributed by atoms with E-state index in [4.69, 9.17) is 0 Å². The van der Waals surface area contributed by atoms with Crippen molar-refractivity contribution in [3.8, 4) is 0 Å². The molecule has 1 aromatic carbocycles. The van der Waals surface area contributed by atoms with E-state index >= 15 is 0 Å². The lowest BCUT2D eigenvalue weighted by molar-refractivity contribution is -0.128. The predicted octanol–water partition coefficient (Wildman–Crippen LogP) is 5.68. The summed E-state index contributed by atoms with van der Waals surface area (Å²) in [6, 6.07) is 10.5. The largest absolute Gasteiger partial charge is 0.299 e.